The fourth-order valence-corrected chi connectivity index (χ4v) is 0.638. The van der Waals surface area contributed by atoms with Crippen molar-refractivity contribution in [2.24, 2.45) is 16.5 Å². The van der Waals surface area contributed by atoms with E-state index in [9.17, 15) is 4.79 Å². The number of carboxylic acids is 1. The highest BCUT2D eigenvalue weighted by Crippen LogP contribution is 1.83. The maximum Gasteiger partial charge on any atom is 0.324 e. The number of rotatable bonds is 5. The zero-order valence-corrected chi connectivity index (χ0v) is 8.18. The maximum atomic E-state index is 10.3. The summed E-state index contributed by atoms with van der Waals surface area (Å²) in [5, 5.41) is 11.1. The lowest BCUT2D eigenvalue weighted by molar-refractivity contribution is -0.137. The summed E-state index contributed by atoms with van der Waals surface area (Å²) in [5.74, 6) is 1.46. The van der Waals surface area contributed by atoms with Crippen LogP contribution in [0.5, 0.6) is 0 Å². The smallest absolute Gasteiger partial charge is 0.324 e. The quantitative estimate of drug-likeness (QED) is 0.191. The van der Waals surface area contributed by atoms with Crippen LogP contribution in [-0.4, -0.2) is 36.2 Å². The molecule has 0 spiro atoms. The Hall–Kier alpha value is -2.00. The van der Waals surface area contributed by atoms with Gasteiger partial charge in [-0.1, -0.05) is 18.1 Å². The third-order valence-corrected chi connectivity index (χ3v) is 1.37. The Labute approximate surface area is 88.0 Å². The summed E-state index contributed by atoms with van der Waals surface area (Å²) < 4.78 is 0. The van der Waals surface area contributed by atoms with E-state index < -0.39 is 12.0 Å². The van der Waals surface area contributed by atoms with Crippen LogP contribution in [0.4, 0.5) is 0 Å². The first-order valence-corrected chi connectivity index (χ1v) is 4.20. The minimum Gasteiger partial charge on any atom is -0.480 e. The molecule has 0 aromatic rings. The van der Waals surface area contributed by atoms with Crippen LogP contribution in [0.15, 0.2) is 17.1 Å². The van der Waals surface area contributed by atoms with E-state index in [-0.39, 0.29) is 12.5 Å². The highest BCUT2D eigenvalue weighted by molar-refractivity contribution is 5.78. The van der Waals surface area contributed by atoms with Crippen molar-refractivity contribution >= 4 is 11.9 Å². The lowest BCUT2D eigenvalue weighted by Gasteiger charge is -1.99. The van der Waals surface area contributed by atoms with Gasteiger partial charge in [0.25, 0.3) is 0 Å². The molecule has 0 amide bonds. The molecule has 6 heteroatoms. The number of carbonyl (C=O) groups is 1. The summed E-state index contributed by atoms with van der Waals surface area (Å²) in [4.78, 5) is 14.1. The molecule has 0 heterocycles. The summed E-state index contributed by atoms with van der Waals surface area (Å²) in [6, 6.07) is -1.01. The average Bonchev–Trinajstić information content (AvgIpc) is 2.20. The van der Waals surface area contributed by atoms with Gasteiger partial charge in [0.2, 0.25) is 0 Å². The molecule has 0 aromatic heterocycles. The van der Waals surface area contributed by atoms with Crippen molar-refractivity contribution in [1.29, 1.82) is 0 Å². The molecule has 0 saturated carbocycles. The molecule has 82 valence electrons. The molecule has 0 rings (SSSR count). The summed E-state index contributed by atoms with van der Waals surface area (Å²) >= 11 is 0. The average molecular weight is 210 g/mol. The number of nitrogens with zero attached hydrogens (tertiary/aromatic N) is 1. The minimum atomic E-state index is -1.09. The number of nitrogens with one attached hydrogen (secondary N) is 1. The van der Waals surface area contributed by atoms with E-state index in [1.54, 1.807) is 0 Å². The second kappa shape index (κ2) is 7.41. The zero-order chi connectivity index (χ0) is 11.7. The minimum absolute atomic E-state index is 0.210. The van der Waals surface area contributed by atoms with Gasteiger partial charge in [0.1, 0.15) is 6.04 Å². The second-order valence-electron chi connectivity index (χ2n) is 2.58. The first kappa shape index (κ1) is 13.0. The SMILES string of the molecule is C#CCNC(N)=NCC=CC(N)C(=O)O. The highest BCUT2D eigenvalue weighted by atomic mass is 16.4. The van der Waals surface area contributed by atoms with E-state index in [1.165, 1.54) is 12.2 Å². The second-order valence-corrected chi connectivity index (χ2v) is 2.58. The van der Waals surface area contributed by atoms with E-state index in [0.29, 0.717) is 6.54 Å². The fraction of sp³-hybridized carbons (Fsp3) is 0.333. The van der Waals surface area contributed by atoms with Crippen molar-refractivity contribution in [3.8, 4) is 12.3 Å². The van der Waals surface area contributed by atoms with Gasteiger partial charge in [-0.2, -0.15) is 0 Å². The monoisotopic (exact) mass is 210 g/mol. The number of guanidine groups is 1. The number of aliphatic imine (C=N–C) groups is 1. The first-order chi connectivity index (χ1) is 7.07. The number of terminal acetylenes is 1. The van der Waals surface area contributed by atoms with E-state index in [2.05, 4.69) is 16.2 Å². The largest absolute Gasteiger partial charge is 0.480 e. The zero-order valence-electron chi connectivity index (χ0n) is 8.18. The van der Waals surface area contributed by atoms with Gasteiger partial charge in [0.05, 0.1) is 13.1 Å². The molecule has 0 saturated heterocycles. The van der Waals surface area contributed by atoms with Gasteiger partial charge in [-0.3, -0.25) is 4.79 Å². The van der Waals surface area contributed by atoms with Gasteiger partial charge in [-0.25, -0.2) is 4.99 Å². The van der Waals surface area contributed by atoms with Crippen LogP contribution in [0, 0.1) is 12.3 Å². The summed E-state index contributed by atoms with van der Waals surface area (Å²) in [5.41, 5.74) is 10.6. The van der Waals surface area contributed by atoms with Crippen LogP contribution in [0.2, 0.25) is 0 Å². The maximum absolute atomic E-state index is 10.3. The lowest BCUT2D eigenvalue weighted by atomic mass is 10.3. The summed E-state index contributed by atoms with van der Waals surface area (Å²) in [6.07, 6.45) is 7.84. The van der Waals surface area contributed by atoms with Gasteiger partial charge in [0.15, 0.2) is 5.96 Å². The van der Waals surface area contributed by atoms with Crippen LogP contribution >= 0.6 is 0 Å². The number of hydrogen-bond donors (Lipinski definition) is 4. The van der Waals surface area contributed by atoms with Gasteiger partial charge in [-0.15, -0.1) is 6.42 Å². The Bertz CT molecular complexity index is 304. The van der Waals surface area contributed by atoms with Crippen LogP contribution in [-0.2, 0) is 4.79 Å². The Morgan fingerprint density at radius 2 is 2.40 bits per heavy atom. The lowest BCUT2D eigenvalue weighted by Crippen LogP contribution is -2.32. The van der Waals surface area contributed by atoms with Crippen molar-refractivity contribution in [1.82, 2.24) is 5.32 Å². The first-order valence-electron chi connectivity index (χ1n) is 4.20. The molecule has 1 atom stereocenters. The van der Waals surface area contributed by atoms with Gasteiger partial charge >= 0.3 is 5.97 Å². The van der Waals surface area contributed by atoms with Crippen molar-refractivity contribution in [2.45, 2.75) is 6.04 Å². The Balaban J connectivity index is 3.87. The number of aliphatic carboxylic acids is 1. The van der Waals surface area contributed by atoms with Gasteiger partial charge in [-0.05, 0) is 0 Å². The molecular weight excluding hydrogens is 196 g/mol. The Kier molecular flexibility index (Phi) is 6.42. The molecule has 0 aliphatic rings. The van der Waals surface area contributed by atoms with Crippen molar-refractivity contribution < 1.29 is 9.90 Å². The summed E-state index contributed by atoms with van der Waals surface area (Å²) in [7, 11) is 0. The van der Waals surface area contributed by atoms with E-state index >= 15 is 0 Å². The third kappa shape index (κ3) is 7.10. The van der Waals surface area contributed by atoms with Crippen LogP contribution in [0.25, 0.3) is 0 Å². The highest BCUT2D eigenvalue weighted by Gasteiger charge is 2.04. The number of carboxylic acid groups (broad SMARTS) is 1. The molecule has 1 unspecified atom stereocenters. The van der Waals surface area contributed by atoms with Crippen LogP contribution < -0.4 is 16.8 Å². The molecule has 0 aliphatic carbocycles. The molecule has 0 aromatic carbocycles. The van der Waals surface area contributed by atoms with Gasteiger partial charge < -0.3 is 21.9 Å². The molecule has 15 heavy (non-hydrogen) atoms. The molecule has 6 N–H and O–H groups in total. The van der Waals surface area contributed by atoms with Crippen molar-refractivity contribution in [3.05, 3.63) is 12.2 Å². The molecule has 0 fully saturated rings. The van der Waals surface area contributed by atoms with E-state index in [1.807, 2.05) is 0 Å². The number of hydrogen-bond acceptors (Lipinski definition) is 3. The Morgan fingerprint density at radius 1 is 1.73 bits per heavy atom. The predicted molar refractivity (Wildman–Crippen MR) is 58.1 cm³/mol. The van der Waals surface area contributed by atoms with Crippen molar-refractivity contribution in [3.63, 3.8) is 0 Å². The van der Waals surface area contributed by atoms with Crippen molar-refractivity contribution in [2.75, 3.05) is 13.1 Å². The van der Waals surface area contributed by atoms with Gasteiger partial charge in [0, 0.05) is 0 Å². The third-order valence-electron chi connectivity index (χ3n) is 1.37. The molecular formula is C9H14N4O2. The molecule has 0 radical (unpaired) electrons. The van der Waals surface area contributed by atoms with E-state index in [0.717, 1.165) is 0 Å². The Morgan fingerprint density at radius 3 is 2.93 bits per heavy atom. The standard InChI is InChI=1S/C9H14N4O2/c1-2-5-12-9(11)13-6-3-4-7(10)8(14)15/h1,3-4,7H,5-6,10H2,(H,14,15)(H3,11,12,13). The predicted octanol–water partition coefficient (Wildman–Crippen LogP) is -1.51. The topological polar surface area (TPSA) is 114 Å². The number of nitrogens with two attached hydrogens (primary N) is 2. The molecule has 0 bridgehead atoms. The normalized spacial score (nSPS) is 13.5. The molecule has 0 aliphatic heterocycles. The summed E-state index contributed by atoms with van der Waals surface area (Å²) in [6.45, 7) is 0.554. The van der Waals surface area contributed by atoms with E-state index in [4.69, 9.17) is 23.0 Å². The fourth-order valence-electron chi connectivity index (χ4n) is 0.638. The van der Waals surface area contributed by atoms with Crippen LogP contribution in [0.3, 0.4) is 0 Å². The molecule has 6 nitrogen and oxygen atoms in total. The van der Waals surface area contributed by atoms with Crippen LogP contribution in [0.1, 0.15) is 0 Å².